The molecule has 0 amide bonds. The molecule has 3 heterocycles. The molecule has 0 saturated carbocycles. The second-order valence-corrected chi connectivity index (χ2v) is 5.29. The van der Waals surface area contributed by atoms with Crippen molar-refractivity contribution in [3.63, 3.8) is 0 Å². The average Bonchev–Trinajstić information content (AvgIpc) is 3.18. The maximum atomic E-state index is 14.6. The zero-order valence-corrected chi connectivity index (χ0v) is 11.9. The zero-order chi connectivity index (χ0) is 15.3. The van der Waals surface area contributed by atoms with E-state index in [2.05, 4.69) is 0 Å². The number of allylic oxidation sites excluding steroid dienone is 2. The Morgan fingerprint density at radius 2 is 1.91 bits per heavy atom. The quantitative estimate of drug-likeness (QED) is 0.779. The third-order valence-electron chi connectivity index (χ3n) is 4.12. The SMILES string of the molecule is COc1ccc(C2=C3C=CC=[N+]3[B-](F)(F)n3cccc32)cc1. The van der Waals surface area contributed by atoms with Crippen LogP contribution >= 0.6 is 0 Å². The second-order valence-electron chi connectivity index (χ2n) is 5.29. The fraction of sp³-hybridized carbons (Fsp3) is 0.0625. The minimum absolute atomic E-state index is 0.529. The van der Waals surface area contributed by atoms with Gasteiger partial charge in [-0.3, -0.25) is 0 Å². The summed E-state index contributed by atoms with van der Waals surface area (Å²) < 4.78 is 36.5. The second kappa shape index (κ2) is 4.43. The zero-order valence-electron chi connectivity index (χ0n) is 11.9. The summed E-state index contributed by atoms with van der Waals surface area (Å²) in [5, 5.41) is 0. The van der Waals surface area contributed by atoms with Gasteiger partial charge in [0.05, 0.1) is 12.7 Å². The van der Waals surface area contributed by atoms with Crippen molar-refractivity contribution >= 4 is 18.8 Å². The standard InChI is InChI=1S/C16H13BF2N2O/c1-22-13-8-6-12(7-9-13)16-14-4-2-10-20(14)17(18,19)21-11-3-5-15(16)21/h2-11H,1H3. The first kappa shape index (κ1) is 13.1. The normalized spacial score (nSPS) is 18.0. The number of halogens is 2. The summed E-state index contributed by atoms with van der Waals surface area (Å²) >= 11 is 0. The molecule has 2 aromatic rings. The molecule has 0 atom stereocenters. The van der Waals surface area contributed by atoms with Crippen LogP contribution in [0, 0.1) is 0 Å². The van der Waals surface area contributed by atoms with Gasteiger partial charge in [-0.1, -0.05) is 12.1 Å². The molecule has 0 N–H and O–H groups in total. The number of rotatable bonds is 2. The summed E-state index contributed by atoms with van der Waals surface area (Å²) in [5.74, 6) is 0.737. The third kappa shape index (κ3) is 1.64. The van der Waals surface area contributed by atoms with E-state index >= 15 is 0 Å². The molecule has 2 aliphatic heterocycles. The van der Waals surface area contributed by atoms with Crippen molar-refractivity contribution < 1.29 is 17.9 Å². The number of benzene rings is 1. The van der Waals surface area contributed by atoms with Crippen LogP contribution in [-0.2, 0) is 0 Å². The van der Waals surface area contributed by atoms with Gasteiger partial charge in [0.25, 0.3) is 0 Å². The highest BCUT2D eigenvalue weighted by Gasteiger charge is 2.51. The molecule has 110 valence electrons. The van der Waals surface area contributed by atoms with Crippen LogP contribution in [0.3, 0.4) is 0 Å². The highest BCUT2D eigenvalue weighted by atomic mass is 19.2. The van der Waals surface area contributed by atoms with Gasteiger partial charge in [0, 0.05) is 17.8 Å². The molecule has 3 nitrogen and oxygen atoms in total. The Morgan fingerprint density at radius 1 is 1.14 bits per heavy atom. The molecule has 0 fully saturated rings. The van der Waals surface area contributed by atoms with Crippen LogP contribution in [0.5, 0.6) is 5.75 Å². The van der Waals surface area contributed by atoms with Crippen molar-refractivity contribution in [1.82, 2.24) is 4.48 Å². The first-order chi connectivity index (χ1) is 10.6. The molecular formula is C16H13BF2N2O. The predicted molar refractivity (Wildman–Crippen MR) is 82.3 cm³/mol. The molecular weight excluding hydrogens is 285 g/mol. The Labute approximate surface area is 126 Å². The Kier molecular flexibility index (Phi) is 2.63. The lowest BCUT2D eigenvalue weighted by Gasteiger charge is -2.30. The molecule has 1 aromatic heterocycles. The fourth-order valence-corrected chi connectivity index (χ4v) is 3.07. The Morgan fingerprint density at radius 3 is 2.64 bits per heavy atom. The van der Waals surface area contributed by atoms with Gasteiger partial charge in [0.1, 0.15) is 12.0 Å². The molecule has 0 aliphatic carbocycles. The molecule has 0 bridgehead atoms. The van der Waals surface area contributed by atoms with Crippen LogP contribution in [0.25, 0.3) is 5.57 Å². The summed E-state index contributed by atoms with van der Waals surface area (Å²) in [6, 6.07) is 10.8. The van der Waals surface area contributed by atoms with Crippen molar-refractivity contribution in [3.05, 3.63) is 71.7 Å². The van der Waals surface area contributed by atoms with E-state index in [4.69, 9.17) is 4.74 Å². The predicted octanol–water partition coefficient (Wildman–Crippen LogP) is 3.15. The highest BCUT2D eigenvalue weighted by molar-refractivity contribution is 6.57. The van der Waals surface area contributed by atoms with Gasteiger partial charge in [0.2, 0.25) is 0 Å². The molecule has 4 rings (SSSR count). The Bertz CT molecular complexity index is 847. The van der Waals surface area contributed by atoms with Crippen LogP contribution < -0.4 is 4.74 Å². The van der Waals surface area contributed by atoms with Crippen molar-refractivity contribution in [3.8, 4) is 5.75 Å². The molecule has 6 heteroatoms. The molecule has 0 unspecified atom stereocenters. The maximum Gasteiger partial charge on any atom is 0.737 e. The lowest BCUT2D eigenvalue weighted by molar-refractivity contribution is -0.356. The smallest absolute Gasteiger partial charge is 0.497 e. The molecule has 0 saturated heterocycles. The highest BCUT2D eigenvalue weighted by Crippen LogP contribution is 2.38. The average molecular weight is 298 g/mol. The van der Waals surface area contributed by atoms with Crippen LogP contribution in [-0.4, -0.2) is 29.3 Å². The van der Waals surface area contributed by atoms with Crippen LogP contribution in [0.1, 0.15) is 11.3 Å². The largest absolute Gasteiger partial charge is 0.737 e. The fourth-order valence-electron chi connectivity index (χ4n) is 3.07. The van der Waals surface area contributed by atoms with Crippen LogP contribution in [0.4, 0.5) is 8.63 Å². The maximum absolute atomic E-state index is 14.6. The summed E-state index contributed by atoms with van der Waals surface area (Å²) in [7, 11) is 1.60. The Hall–Kier alpha value is -2.63. The van der Waals surface area contributed by atoms with E-state index < -0.39 is 6.97 Å². The Balaban J connectivity index is 1.98. The van der Waals surface area contributed by atoms with E-state index in [9.17, 15) is 8.63 Å². The van der Waals surface area contributed by atoms with Gasteiger partial charge in [-0.15, -0.1) is 0 Å². The molecule has 22 heavy (non-hydrogen) atoms. The lowest BCUT2D eigenvalue weighted by Crippen LogP contribution is -2.49. The molecule has 2 aliphatic rings. The molecule has 0 spiro atoms. The minimum atomic E-state index is -3.84. The summed E-state index contributed by atoms with van der Waals surface area (Å²) in [5.41, 5.74) is 2.74. The number of aromatic nitrogens is 1. The van der Waals surface area contributed by atoms with Gasteiger partial charge in [-0.05, 0) is 36.0 Å². The first-order valence-corrected chi connectivity index (χ1v) is 7.01. The minimum Gasteiger partial charge on any atom is -0.497 e. The number of ether oxygens (including phenoxy) is 1. The number of fused-ring (bicyclic) bond motifs is 2. The third-order valence-corrected chi connectivity index (χ3v) is 4.12. The van der Waals surface area contributed by atoms with Gasteiger partial charge >= 0.3 is 6.97 Å². The van der Waals surface area contributed by atoms with E-state index in [1.54, 1.807) is 31.4 Å². The molecule has 1 aromatic carbocycles. The van der Waals surface area contributed by atoms with Crippen LogP contribution in [0.15, 0.2) is 60.4 Å². The van der Waals surface area contributed by atoms with Crippen molar-refractivity contribution in [1.29, 1.82) is 0 Å². The molecule has 0 radical (unpaired) electrons. The van der Waals surface area contributed by atoms with Gasteiger partial charge in [-0.2, -0.15) is 0 Å². The number of hydrogen-bond acceptors (Lipinski definition) is 1. The van der Waals surface area contributed by atoms with E-state index in [1.165, 1.54) is 12.4 Å². The number of methoxy groups -OCH3 is 1. The van der Waals surface area contributed by atoms with Crippen molar-refractivity contribution in [2.75, 3.05) is 7.11 Å². The van der Waals surface area contributed by atoms with Gasteiger partial charge < -0.3 is 22.3 Å². The number of hydrogen-bond donors (Lipinski definition) is 0. The van der Waals surface area contributed by atoms with E-state index in [-0.39, 0.29) is 0 Å². The van der Waals surface area contributed by atoms with E-state index in [0.29, 0.717) is 11.4 Å². The number of nitrogens with zero attached hydrogens (tertiary/aromatic N) is 2. The summed E-state index contributed by atoms with van der Waals surface area (Å²) in [6.07, 6.45) is 6.25. The summed E-state index contributed by atoms with van der Waals surface area (Å²) in [4.78, 5) is 0. The monoisotopic (exact) mass is 298 g/mol. The van der Waals surface area contributed by atoms with Gasteiger partial charge in [-0.25, -0.2) is 0 Å². The summed E-state index contributed by atoms with van der Waals surface area (Å²) in [6.45, 7) is -3.84. The topological polar surface area (TPSA) is 17.2 Å². The van der Waals surface area contributed by atoms with E-state index in [1.807, 2.05) is 24.3 Å². The van der Waals surface area contributed by atoms with Crippen LogP contribution in [0.2, 0.25) is 0 Å². The first-order valence-electron chi connectivity index (χ1n) is 7.01. The van der Waals surface area contributed by atoms with Crippen molar-refractivity contribution in [2.45, 2.75) is 0 Å². The van der Waals surface area contributed by atoms with Crippen molar-refractivity contribution in [2.24, 2.45) is 0 Å². The van der Waals surface area contributed by atoms with E-state index in [0.717, 1.165) is 25.9 Å². The lowest BCUT2D eigenvalue weighted by atomic mass is 9.86. The van der Waals surface area contributed by atoms with Gasteiger partial charge in [0.15, 0.2) is 5.70 Å².